The predicted octanol–water partition coefficient (Wildman–Crippen LogP) is 1.73. The van der Waals surface area contributed by atoms with Gasteiger partial charge in [-0.3, -0.25) is 4.79 Å². The summed E-state index contributed by atoms with van der Waals surface area (Å²) >= 11 is 0. The Bertz CT molecular complexity index is 332. The Hall–Kier alpha value is -1.09. The molecule has 0 spiro atoms. The molecule has 1 aromatic rings. The first kappa shape index (κ1) is 10.4. The molecule has 0 saturated carbocycles. The molecule has 1 aliphatic heterocycles. The molecule has 0 aliphatic carbocycles. The van der Waals surface area contributed by atoms with E-state index in [1.54, 1.807) is 6.07 Å². The van der Waals surface area contributed by atoms with Gasteiger partial charge in [0, 0.05) is 25.5 Å². The fourth-order valence-corrected chi connectivity index (χ4v) is 2.00. The van der Waals surface area contributed by atoms with Gasteiger partial charge in [0.2, 0.25) is 5.56 Å². The number of hydrogen-bond donors (Lipinski definition) is 1. The molecule has 3 heteroatoms. The predicted molar refractivity (Wildman–Crippen MR) is 58.9 cm³/mol. The number of rotatable bonds is 3. The average Bonchev–Trinajstić information content (AvgIpc) is 2.30. The number of aryl methyl sites for hydroxylation is 1. The Morgan fingerprint density at radius 1 is 1.33 bits per heavy atom. The number of H-pyrrole nitrogens is 1. The van der Waals surface area contributed by atoms with Crippen LogP contribution in [0.25, 0.3) is 0 Å². The van der Waals surface area contributed by atoms with E-state index in [1.807, 2.05) is 12.3 Å². The highest BCUT2D eigenvalue weighted by Crippen LogP contribution is 2.20. The number of ether oxygens (including phenoxy) is 1. The molecule has 0 aromatic carbocycles. The van der Waals surface area contributed by atoms with Gasteiger partial charge in [0.15, 0.2) is 0 Å². The number of pyridine rings is 1. The van der Waals surface area contributed by atoms with Crippen molar-refractivity contribution >= 4 is 0 Å². The molecule has 3 nitrogen and oxygen atoms in total. The summed E-state index contributed by atoms with van der Waals surface area (Å²) in [5.74, 6) is 0.797. The smallest absolute Gasteiger partial charge is 0.247 e. The van der Waals surface area contributed by atoms with Crippen LogP contribution in [0.3, 0.4) is 0 Å². The van der Waals surface area contributed by atoms with Crippen LogP contribution in [0.5, 0.6) is 0 Å². The monoisotopic (exact) mass is 207 g/mol. The lowest BCUT2D eigenvalue weighted by Gasteiger charge is -2.21. The van der Waals surface area contributed by atoms with Gasteiger partial charge in [-0.2, -0.15) is 0 Å². The van der Waals surface area contributed by atoms with Crippen molar-refractivity contribution in [2.75, 3.05) is 13.2 Å². The SMILES string of the molecule is O=c1ccc(CCC2CCOCC2)c[nH]1. The van der Waals surface area contributed by atoms with Crippen molar-refractivity contribution in [2.24, 2.45) is 5.92 Å². The molecule has 1 fully saturated rings. The number of aromatic amines is 1. The van der Waals surface area contributed by atoms with Gasteiger partial charge in [-0.1, -0.05) is 6.07 Å². The topological polar surface area (TPSA) is 42.1 Å². The zero-order chi connectivity index (χ0) is 10.5. The molecule has 2 heterocycles. The van der Waals surface area contributed by atoms with Gasteiger partial charge in [-0.05, 0) is 37.2 Å². The summed E-state index contributed by atoms with van der Waals surface area (Å²) in [5, 5.41) is 0. The third-order valence-electron chi connectivity index (χ3n) is 3.03. The van der Waals surface area contributed by atoms with Gasteiger partial charge in [0.25, 0.3) is 0 Å². The number of nitrogens with one attached hydrogen (secondary N) is 1. The van der Waals surface area contributed by atoms with E-state index in [1.165, 1.54) is 24.8 Å². The molecular formula is C12H17NO2. The maximum atomic E-state index is 10.9. The molecular weight excluding hydrogens is 190 g/mol. The minimum atomic E-state index is -0.0233. The summed E-state index contributed by atoms with van der Waals surface area (Å²) < 4.78 is 5.32. The van der Waals surface area contributed by atoms with E-state index in [0.29, 0.717) is 0 Å². The van der Waals surface area contributed by atoms with Crippen LogP contribution in [0.2, 0.25) is 0 Å². The van der Waals surface area contributed by atoms with Gasteiger partial charge in [-0.15, -0.1) is 0 Å². The second-order valence-electron chi connectivity index (χ2n) is 4.16. The molecule has 15 heavy (non-hydrogen) atoms. The van der Waals surface area contributed by atoms with Crippen LogP contribution >= 0.6 is 0 Å². The number of hydrogen-bond acceptors (Lipinski definition) is 2. The van der Waals surface area contributed by atoms with Crippen molar-refractivity contribution < 1.29 is 4.74 Å². The van der Waals surface area contributed by atoms with E-state index in [9.17, 15) is 4.79 Å². The summed E-state index contributed by atoms with van der Waals surface area (Å²) in [5.41, 5.74) is 1.20. The molecule has 1 saturated heterocycles. The van der Waals surface area contributed by atoms with E-state index < -0.39 is 0 Å². The van der Waals surface area contributed by atoms with Gasteiger partial charge in [0.05, 0.1) is 0 Å². The second kappa shape index (κ2) is 5.12. The zero-order valence-corrected chi connectivity index (χ0v) is 8.87. The van der Waals surface area contributed by atoms with Crippen molar-refractivity contribution in [1.29, 1.82) is 0 Å². The largest absolute Gasteiger partial charge is 0.381 e. The van der Waals surface area contributed by atoms with Gasteiger partial charge in [0.1, 0.15) is 0 Å². The van der Waals surface area contributed by atoms with Gasteiger partial charge in [-0.25, -0.2) is 0 Å². The molecule has 0 unspecified atom stereocenters. The van der Waals surface area contributed by atoms with Crippen LogP contribution in [0.4, 0.5) is 0 Å². The van der Waals surface area contributed by atoms with Crippen LogP contribution in [-0.2, 0) is 11.2 Å². The fraction of sp³-hybridized carbons (Fsp3) is 0.583. The van der Waals surface area contributed by atoms with Gasteiger partial charge >= 0.3 is 0 Å². The Balaban J connectivity index is 1.81. The summed E-state index contributed by atoms with van der Waals surface area (Å²) in [6.45, 7) is 1.83. The van der Waals surface area contributed by atoms with E-state index >= 15 is 0 Å². The van der Waals surface area contributed by atoms with E-state index in [4.69, 9.17) is 4.74 Å². The molecule has 1 aliphatic rings. The lowest BCUT2D eigenvalue weighted by molar-refractivity contribution is 0.0640. The first-order chi connectivity index (χ1) is 7.34. The van der Waals surface area contributed by atoms with Crippen LogP contribution in [-0.4, -0.2) is 18.2 Å². The van der Waals surface area contributed by atoms with E-state index in [0.717, 1.165) is 25.6 Å². The standard InChI is InChI=1S/C12H17NO2/c14-12-4-3-11(9-13-12)2-1-10-5-7-15-8-6-10/h3-4,9-10H,1-2,5-8H2,(H,13,14). The molecule has 2 rings (SSSR count). The van der Waals surface area contributed by atoms with Crippen molar-refractivity contribution in [3.63, 3.8) is 0 Å². The van der Waals surface area contributed by atoms with E-state index in [-0.39, 0.29) is 5.56 Å². The Morgan fingerprint density at radius 2 is 2.13 bits per heavy atom. The summed E-state index contributed by atoms with van der Waals surface area (Å²) in [4.78, 5) is 13.6. The Kier molecular flexibility index (Phi) is 3.56. The molecule has 0 radical (unpaired) electrons. The van der Waals surface area contributed by atoms with Crippen LogP contribution in [0.15, 0.2) is 23.1 Å². The average molecular weight is 207 g/mol. The van der Waals surface area contributed by atoms with Crippen molar-refractivity contribution in [2.45, 2.75) is 25.7 Å². The molecule has 1 N–H and O–H groups in total. The quantitative estimate of drug-likeness (QED) is 0.820. The maximum absolute atomic E-state index is 10.9. The van der Waals surface area contributed by atoms with Crippen LogP contribution < -0.4 is 5.56 Å². The van der Waals surface area contributed by atoms with E-state index in [2.05, 4.69) is 4.98 Å². The lowest BCUT2D eigenvalue weighted by Crippen LogP contribution is -2.16. The molecule has 0 amide bonds. The molecule has 0 bridgehead atoms. The van der Waals surface area contributed by atoms with Crippen LogP contribution in [0.1, 0.15) is 24.8 Å². The summed E-state index contributed by atoms with van der Waals surface area (Å²) in [6.07, 6.45) is 6.45. The third kappa shape index (κ3) is 3.20. The second-order valence-corrected chi connectivity index (χ2v) is 4.16. The van der Waals surface area contributed by atoms with Crippen molar-refractivity contribution in [3.05, 3.63) is 34.2 Å². The van der Waals surface area contributed by atoms with Crippen molar-refractivity contribution in [3.8, 4) is 0 Å². The minimum absolute atomic E-state index is 0.0233. The molecule has 1 aromatic heterocycles. The first-order valence-electron chi connectivity index (χ1n) is 5.60. The zero-order valence-electron chi connectivity index (χ0n) is 8.87. The highest BCUT2D eigenvalue weighted by Gasteiger charge is 2.13. The first-order valence-corrected chi connectivity index (χ1v) is 5.60. The van der Waals surface area contributed by atoms with Crippen LogP contribution in [0, 0.1) is 5.92 Å². The maximum Gasteiger partial charge on any atom is 0.247 e. The van der Waals surface area contributed by atoms with Crippen molar-refractivity contribution in [1.82, 2.24) is 4.98 Å². The normalized spacial score (nSPS) is 17.9. The molecule has 0 atom stereocenters. The Morgan fingerprint density at radius 3 is 2.80 bits per heavy atom. The fourth-order valence-electron chi connectivity index (χ4n) is 2.00. The Labute approximate surface area is 89.5 Å². The summed E-state index contributed by atoms with van der Waals surface area (Å²) in [6, 6.07) is 3.51. The minimum Gasteiger partial charge on any atom is -0.381 e. The summed E-state index contributed by atoms with van der Waals surface area (Å²) in [7, 11) is 0. The highest BCUT2D eigenvalue weighted by molar-refractivity contribution is 5.08. The number of aromatic nitrogens is 1. The van der Waals surface area contributed by atoms with Gasteiger partial charge < -0.3 is 9.72 Å². The third-order valence-corrected chi connectivity index (χ3v) is 3.03. The lowest BCUT2D eigenvalue weighted by atomic mass is 9.93. The highest BCUT2D eigenvalue weighted by atomic mass is 16.5. The molecule has 82 valence electrons.